The van der Waals surface area contributed by atoms with Gasteiger partial charge in [-0.25, -0.2) is 0 Å². The van der Waals surface area contributed by atoms with Crippen LogP contribution in [0.25, 0.3) is 0 Å². The number of carbonyl (C=O) groups excluding carboxylic acids is 3. The van der Waals surface area contributed by atoms with Crippen LogP contribution in [0.5, 0.6) is 0 Å². The topological polar surface area (TPSA) is 77.9 Å². The van der Waals surface area contributed by atoms with Crippen molar-refractivity contribution in [2.45, 2.75) is 51.0 Å². The summed E-state index contributed by atoms with van der Waals surface area (Å²) < 4.78 is 0. The summed E-state index contributed by atoms with van der Waals surface area (Å²) >= 11 is 0. The second kappa shape index (κ2) is 7.19. The zero-order chi connectivity index (χ0) is 18.9. The number of imide groups is 1. The average molecular weight is 358 g/mol. The van der Waals surface area contributed by atoms with Gasteiger partial charge in [-0.2, -0.15) is 0 Å². The number of hydrogen-bond donors (Lipinski definition) is 1. The van der Waals surface area contributed by atoms with Crippen LogP contribution >= 0.6 is 0 Å². The predicted molar refractivity (Wildman–Crippen MR) is 96.3 cm³/mol. The number of amides is 3. The maximum Gasteiger partial charge on any atom is 0.240 e. The van der Waals surface area contributed by atoms with Crippen LogP contribution in [0.4, 0.5) is 0 Å². The Bertz CT molecular complexity index is 732. The minimum atomic E-state index is -1.14. The highest BCUT2D eigenvalue weighted by molar-refractivity contribution is 6.10. The van der Waals surface area contributed by atoms with Crippen molar-refractivity contribution in [1.29, 1.82) is 0 Å². The Morgan fingerprint density at radius 2 is 2.04 bits per heavy atom. The molecule has 0 bridgehead atoms. The van der Waals surface area contributed by atoms with Gasteiger partial charge in [0.1, 0.15) is 0 Å². The number of carbonyl (C=O) groups is 3. The Hall–Kier alpha value is -2.21. The van der Waals surface area contributed by atoms with Crippen LogP contribution in [0.1, 0.15) is 43.7 Å². The maximum atomic E-state index is 13.2. The molecule has 26 heavy (non-hydrogen) atoms. The molecule has 1 aromatic rings. The first-order chi connectivity index (χ1) is 12.4. The Morgan fingerprint density at radius 3 is 2.65 bits per heavy atom. The summed E-state index contributed by atoms with van der Waals surface area (Å²) in [7, 11) is 0. The molecule has 2 heterocycles. The monoisotopic (exact) mass is 358 g/mol. The first kappa shape index (κ1) is 18.6. The van der Waals surface area contributed by atoms with Crippen molar-refractivity contribution >= 4 is 17.7 Å². The summed E-state index contributed by atoms with van der Waals surface area (Å²) in [6.45, 7) is 4.50. The van der Waals surface area contributed by atoms with Crippen LogP contribution in [0.2, 0.25) is 0 Å². The van der Waals surface area contributed by atoms with E-state index in [1.807, 2.05) is 31.2 Å². The van der Waals surface area contributed by atoms with E-state index in [9.17, 15) is 19.5 Å². The second-order valence-electron chi connectivity index (χ2n) is 7.26. The molecule has 1 aromatic carbocycles. The molecule has 140 valence electrons. The lowest BCUT2D eigenvalue weighted by molar-refractivity contribution is -0.143. The van der Waals surface area contributed by atoms with Gasteiger partial charge in [0.15, 0.2) is 0 Å². The molecule has 0 aromatic heterocycles. The Labute approximate surface area is 153 Å². The minimum absolute atomic E-state index is 0.0217. The fourth-order valence-corrected chi connectivity index (χ4v) is 4.39. The van der Waals surface area contributed by atoms with Gasteiger partial charge >= 0.3 is 0 Å². The van der Waals surface area contributed by atoms with Crippen LogP contribution in [0, 0.1) is 6.92 Å². The highest BCUT2D eigenvalue weighted by atomic mass is 16.3. The number of benzene rings is 1. The standard InChI is InChI=1S/C20H26N2O4/c1-3-21-17(24)11-20(19(21)26,16-9-5-4-7-14(16)2)12-18(25)22-10-6-8-15(22)13-23/h4-5,7,9,15,23H,3,6,8,10-13H2,1-2H3/t15-,20?/m0/s1. The van der Waals surface area contributed by atoms with Crippen molar-refractivity contribution in [3.05, 3.63) is 35.4 Å². The third-order valence-electron chi connectivity index (χ3n) is 5.75. The zero-order valence-electron chi connectivity index (χ0n) is 15.4. The summed E-state index contributed by atoms with van der Waals surface area (Å²) in [5.74, 6) is -0.676. The number of hydrogen-bond acceptors (Lipinski definition) is 4. The third-order valence-corrected chi connectivity index (χ3v) is 5.75. The van der Waals surface area contributed by atoms with Crippen LogP contribution < -0.4 is 0 Å². The fraction of sp³-hybridized carbons (Fsp3) is 0.550. The predicted octanol–water partition coefficient (Wildman–Crippen LogP) is 1.39. The van der Waals surface area contributed by atoms with Gasteiger partial charge in [0.25, 0.3) is 0 Å². The van der Waals surface area contributed by atoms with Gasteiger partial charge in [-0.15, -0.1) is 0 Å². The smallest absolute Gasteiger partial charge is 0.240 e. The lowest BCUT2D eigenvalue weighted by Crippen LogP contribution is -2.45. The molecule has 0 spiro atoms. The van der Waals surface area contributed by atoms with Gasteiger partial charge in [0.2, 0.25) is 17.7 Å². The largest absolute Gasteiger partial charge is 0.394 e. The van der Waals surface area contributed by atoms with Gasteiger partial charge in [-0.1, -0.05) is 24.3 Å². The highest BCUT2D eigenvalue weighted by Crippen LogP contribution is 2.42. The van der Waals surface area contributed by atoms with Gasteiger partial charge in [-0.05, 0) is 37.8 Å². The molecule has 0 saturated carbocycles. The number of aryl methyl sites for hydroxylation is 1. The molecule has 2 aliphatic heterocycles. The van der Waals surface area contributed by atoms with Crippen molar-refractivity contribution in [2.24, 2.45) is 0 Å². The first-order valence-electron chi connectivity index (χ1n) is 9.26. The number of nitrogens with zero attached hydrogens (tertiary/aromatic N) is 2. The molecule has 0 aliphatic carbocycles. The number of likely N-dealkylation sites (tertiary alicyclic amines) is 2. The Morgan fingerprint density at radius 1 is 1.31 bits per heavy atom. The molecular weight excluding hydrogens is 332 g/mol. The van der Waals surface area contributed by atoms with Gasteiger partial charge < -0.3 is 10.0 Å². The van der Waals surface area contributed by atoms with E-state index in [-0.39, 0.29) is 43.2 Å². The summed E-state index contributed by atoms with van der Waals surface area (Å²) in [4.78, 5) is 41.7. The second-order valence-corrected chi connectivity index (χ2v) is 7.26. The summed E-state index contributed by atoms with van der Waals surface area (Å²) in [5.41, 5.74) is 0.514. The molecule has 2 saturated heterocycles. The van der Waals surface area contributed by atoms with Crippen LogP contribution in [-0.2, 0) is 19.8 Å². The number of likely N-dealkylation sites (N-methyl/N-ethyl adjacent to an activating group) is 1. The van der Waals surface area contributed by atoms with Gasteiger partial charge in [0.05, 0.1) is 18.1 Å². The van der Waals surface area contributed by atoms with Crippen molar-refractivity contribution < 1.29 is 19.5 Å². The fourth-order valence-electron chi connectivity index (χ4n) is 4.39. The number of rotatable bonds is 5. The Balaban J connectivity index is 2.00. The molecule has 6 nitrogen and oxygen atoms in total. The van der Waals surface area contributed by atoms with Crippen LogP contribution in [0.15, 0.2) is 24.3 Å². The van der Waals surface area contributed by atoms with Crippen molar-refractivity contribution in [3.63, 3.8) is 0 Å². The Kier molecular flexibility index (Phi) is 5.14. The first-order valence-corrected chi connectivity index (χ1v) is 9.26. The van der Waals surface area contributed by atoms with Gasteiger partial charge in [-0.3, -0.25) is 19.3 Å². The molecule has 1 N–H and O–H groups in total. The van der Waals surface area contributed by atoms with E-state index < -0.39 is 5.41 Å². The highest BCUT2D eigenvalue weighted by Gasteiger charge is 2.54. The zero-order valence-corrected chi connectivity index (χ0v) is 15.4. The minimum Gasteiger partial charge on any atom is -0.394 e. The lowest BCUT2D eigenvalue weighted by Gasteiger charge is -2.31. The lowest BCUT2D eigenvalue weighted by atomic mass is 9.74. The van der Waals surface area contributed by atoms with Crippen molar-refractivity contribution in [2.75, 3.05) is 19.7 Å². The third kappa shape index (κ3) is 2.92. The molecular formula is C20H26N2O4. The summed E-state index contributed by atoms with van der Waals surface area (Å²) in [5, 5.41) is 9.52. The van der Waals surface area contributed by atoms with Crippen LogP contribution in [-0.4, -0.2) is 58.4 Å². The SMILES string of the molecule is CCN1C(=O)CC(CC(=O)N2CCC[C@H]2CO)(c2ccccc2C)C1=O. The van der Waals surface area contributed by atoms with E-state index in [0.717, 1.165) is 24.0 Å². The normalized spacial score (nSPS) is 26.0. The summed E-state index contributed by atoms with van der Waals surface area (Å²) in [6, 6.07) is 7.29. The van der Waals surface area contributed by atoms with E-state index >= 15 is 0 Å². The molecule has 1 unspecified atom stereocenters. The van der Waals surface area contributed by atoms with E-state index in [2.05, 4.69) is 0 Å². The molecule has 6 heteroatoms. The van der Waals surface area contributed by atoms with E-state index in [0.29, 0.717) is 13.1 Å². The van der Waals surface area contributed by atoms with E-state index in [1.165, 1.54) is 4.90 Å². The van der Waals surface area contributed by atoms with Crippen LogP contribution in [0.3, 0.4) is 0 Å². The molecule has 2 aliphatic rings. The number of aliphatic hydroxyl groups excluding tert-OH is 1. The van der Waals surface area contributed by atoms with Crippen molar-refractivity contribution in [3.8, 4) is 0 Å². The molecule has 0 radical (unpaired) electrons. The molecule has 2 fully saturated rings. The quantitative estimate of drug-likeness (QED) is 0.807. The van der Waals surface area contributed by atoms with E-state index in [1.54, 1.807) is 11.8 Å². The molecule has 3 rings (SSSR count). The average Bonchev–Trinajstić information content (AvgIpc) is 3.19. The van der Waals surface area contributed by atoms with Gasteiger partial charge in [0, 0.05) is 25.9 Å². The van der Waals surface area contributed by atoms with E-state index in [4.69, 9.17) is 0 Å². The summed E-state index contributed by atoms with van der Waals surface area (Å²) in [6.07, 6.45) is 1.61. The number of aliphatic hydroxyl groups is 1. The van der Waals surface area contributed by atoms with Crippen molar-refractivity contribution in [1.82, 2.24) is 9.80 Å². The molecule has 2 atom stereocenters. The molecule has 3 amide bonds. The maximum absolute atomic E-state index is 13.2.